The number of aliphatic hydroxyl groups is 2. The molecule has 2 heterocycles. The number of pyridine rings is 1. The maximum Gasteiger partial charge on any atom is 0.214 e. The van der Waals surface area contributed by atoms with Crippen LogP contribution in [0.3, 0.4) is 0 Å². The minimum Gasteiger partial charge on any atom is -0.481 e. The van der Waals surface area contributed by atoms with Crippen molar-refractivity contribution in [2.75, 3.05) is 7.11 Å². The van der Waals surface area contributed by atoms with Crippen molar-refractivity contribution in [1.29, 1.82) is 0 Å². The van der Waals surface area contributed by atoms with Crippen molar-refractivity contribution >= 4 is 16.5 Å². The topological polar surface area (TPSA) is 80.4 Å². The van der Waals surface area contributed by atoms with Gasteiger partial charge in [-0.2, -0.15) is 0 Å². The Morgan fingerprint density at radius 3 is 2.67 bits per heavy atom. The molecule has 6 heteroatoms. The van der Waals surface area contributed by atoms with E-state index in [1.165, 1.54) is 0 Å². The van der Waals surface area contributed by atoms with Gasteiger partial charge in [0.25, 0.3) is 0 Å². The maximum absolute atomic E-state index is 12.3. The Bertz CT molecular complexity index is 1400. The van der Waals surface area contributed by atoms with Crippen LogP contribution in [0, 0.1) is 0 Å². The number of hydrogen-bond donors (Lipinski definition) is 2. The van der Waals surface area contributed by atoms with Gasteiger partial charge in [-0.25, -0.2) is 9.97 Å². The van der Waals surface area contributed by atoms with Crippen molar-refractivity contribution in [3.8, 4) is 5.88 Å². The van der Waals surface area contributed by atoms with E-state index in [4.69, 9.17) is 4.74 Å². The molecule has 0 amide bonds. The van der Waals surface area contributed by atoms with Gasteiger partial charge in [-0.1, -0.05) is 42.5 Å². The van der Waals surface area contributed by atoms with Crippen LogP contribution < -0.4 is 4.74 Å². The predicted molar refractivity (Wildman–Crippen MR) is 128 cm³/mol. The van der Waals surface area contributed by atoms with Crippen molar-refractivity contribution in [2.45, 2.75) is 18.6 Å². The summed E-state index contributed by atoms with van der Waals surface area (Å²) in [5.41, 5.74) is 4.09. The first-order valence-electron chi connectivity index (χ1n) is 10.8. The second kappa shape index (κ2) is 8.31. The summed E-state index contributed by atoms with van der Waals surface area (Å²) in [6.07, 6.45) is 10.6. The third kappa shape index (κ3) is 3.53. The van der Waals surface area contributed by atoms with Crippen LogP contribution in [0.4, 0.5) is 0 Å². The largest absolute Gasteiger partial charge is 0.481 e. The Morgan fingerprint density at radius 1 is 1.12 bits per heavy atom. The van der Waals surface area contributed by atoms with E-state index < -0.39 is 5.60 Å². The maximum atomic E-state index is 12.3. The summed E-state index contributed by atoms with van der Waals surface area (Å²) in [4.78, 5) is 8.88. The van der Waals surface area contributed by atoms with E-state index in [-0.39, 0.29) is 6.61 Å². The van der Waals surface area contributed by atoms with Gasteiger partial charge < -0.3 is 19.5 Å². The molecule has 1 atom stereocenters. The van der Waals surface area contributed by atoms with E-state index in [0.29, 0.717) is 22.7 Å². The van der Waals surface area contributed by atoms with Crippen molar-refractivity contribution in [3.05, 3.63) is 107 Å². The summed E-state index contributed by atoms with van der Waals surface area (Å²) < 4.78 is 7.25. The van der Waals surface area contributed by atoms with Gasteiger partial charge in [-0.15, -0.1) is 0 Å². The van der Waals surface area contributed by atoms with Gasteiger partial charge in [-0.3, -0.25) is 0 Å². The Balaban J connectivity index is 1.79. The fraction of sp³-hybridized carbons (Fsp3) is 0.185. The van der Waals surface area contributed by atoms with Crippen molar-refractivity contribution in [2.24, 2.45) is 7.05 Å². The number of aromatic nitrogens is 3. The summed E-state index contributed by atoms with van der Waals surface area (Å²) >= 11 is 0. The number of aryl methyl sites for hydroxylation is 1. The molecule has 5 rings (SSSR count). The lowest BCUT2D eigenvalue weighted by Crippen LogP contribution is -2.31. The average Bonchev–Trinajstić information content (AvgIpc) is 3.55. The number of nitrogens with zero attached hydrogens (tertiary/aromatic N) is 3. The first-order valence-corrected chi connectivity index (χ1v) is 10.8. The fourth-order valence-corrected chi connectivity index (χ4v) is 4.49. The van der Waals surface area contributed by atoms with Gasteiger partial charge >= 0.3 is 0 Å². The molecule has 0 bridgehead atoms. The van der Waals surface area contributed by atoms with Crippen LogP contribution in [0.5, 0.6) is 5.88 Å². The molecule has 0 saturated carbocycles. The zero-order chi connectivity index (χ0) is 23.0. The number of rotatable bonds is 6. The lowest BCUT2D eigenvalue weighted by atomic mass is 9.82. The third-order valence-electron chi connectivity index (χ3n) is 6.21. The van der Waals surface area contributed by atoms with Crippen molar-refractivity contribution in [1.82, 2.24) is 14.5 Å². The van der Waals surface area contributed by atoms with Gasteiger partial charge in [-0.05, 0) is 52.4 Å². The van der Waals surface area contributed by atoms with Crippen LogP contribution in [0.1, 0.15) is 34.4 Å². The highest BCUT2D eigenvalue weighted by atomic mass is 16.5. The molecule has 2 N–H and O–H groups in total. The second-order valence-electron chi connectivity index (χ2n) is 8.20. The fourth-order valence-electron chi connectivity index (χ4n) is 4.49. The number of allylic oxidation sites excluding steroid dienone is 4. The summed E-state index contributed by atoms with van der Waals surface area (Å²) in [5, 5.41) is 22.9. The van der Waals surface area contributed by atoms with Gasteiger partial charge in [0.2, 0.25) is 5.88 Å². The Morgan fingerprint density at radius 2 is 1.97 bits per heavy atom. The highest BCUT2D eigenvalue weighted by molar-refractivity contribution is 5.96. The van der Waals surface area contributed by atoms with Crippen LogP contribution >= 0.6 is 0 Å². The minimum absolute atomic E-state index is 0.110. The van der Waals surface area contributed by atoms with Crippen LogP contribution in [0.15, 0.2) is 79.3 Å². The number of imidazole rings is 1. The van der Waals surface area contributed by atoms with Crippen LogP contribution in [-0.4, -0.2) is 31.9 Å². The Kier molecular flexibility index (Phi) is 5.32. The molecule has 33 heavy (non-hydrogen) atoms. The second-order valence-corrected chi connectivity index (χ2v) is 8.20. The van der Waals surface area contributed by atoms with Gasteiger partial charge in [0.1, 0.15) is 0 Å². The van der Waals surface area contributed by atoms with E-state index in [0.717, 1.165) is 34.0 Å². The number of fused-ring (bicyclic) bond motifs is 1. The highest BCUT2D eigenvalue weighted by Crippen LogP contribution is 2.40. The lowest BCUT2D eigenvalue weighted by molar-refractivity contribution is 0.117. The molecule has 1 unspecified atom stereocenters. The summed E-state index contributed by atoms with van der Waals surface area (Å²) in [6.45, 7) is -0.110. The number of aliphatic hydroxyl groups excluding tert-OH is 1. The summed E-state index contributed by atoms with van der Waals surface area (Å²) in [7, 11) is 3.47. The quantitative estimate of drug-likeness (QED) is 0.473. The zero-order valence-corrected chi connectivity index (χ0v) is 18.6. The van der Waals surface area contributed by atoms with Gasteiger partial charge in [0.05, 0.1) is 37.5 Å². The molecule has 2 aromatic heterocycles. The van der Waals surface area contributed by atoms with Crippen molar-refractivity contribution < 1.29 is 14.9 Å². The normalized spacial score (nSPS) is 15.0. The molecule has 1 aliphatic carbocycles. The van der Waals surface area contributed by atoms with Gasteiger partial charge in [0.15, 0.2) is 5.60 Å². The van der Waals surface area contributed by atoms with Crippen LogP contribution in [-0.2, 0) is 19.3 Å². The van der Waals surface area contributed by atoms with Crippen LogP contribution in [0.25, 0.3) is 16.5 Å². The first kappa shape index (κ1) is 21.1. The van der Waals surface area contributed by atoms with E-state index >= 15 is 0 Å². The monoisotopic (exact) mass is 439 g/mol. The number of benzene rings is 2. The number of ether oxygens (including phenoxy) is 1. The van der Waals surface area contributed by atoms with E-state index in [2.05, 4.69) is 28.2 Å². The van der Waals surface area contributed by atoms with E-state index in [1.54, 1.807) is 19.6 Å². The molecule has 4 aromatic rings. The molecular formula is C27H25N3O3. The van der Waals surface area contributed by atoms with Crippen molar-refractivity contribution in [3.63, 3.8) is 0 Å². The molecule has 1 aliphatic rings. The smallest absolute Gasteiger partial charge is 0.214 e. The lowest BCUT2D eigenvalue weighted by Gasteiger charge is -2.30. The molecule has 6 nitrogen and oxygen atoms in total. The standard InChI is InChI=1S/C27H25N3O3/c1-30-17-28-15-25(30)27(32,20-9-5-6-18(12-20)16-31)21-10-11-24-23(13-21)22(14-26(29-24)33-2)19-7-3-4-8-19/h3,5-15,17,31-32H,4,16H2,1-2H3. The molecular weight excluding hydrogens is 414 g/mol. The van der Waals surface area contributed by atoms with E-state index in [1.807, 2.05) is 60.1 Å². The molecule has 0 saturated heterocycles. The third-order valence-corrected chi connectivity index (χ3v) is 6.21. The number of methoxy groups -OCH3 is 1. The average molecular weight is 440 g/mol. The SMILES string of the molecule is COc1cc(C2=CCC=C2)c2cc(C(O)(c3cccc(CO)c3)c3cncn3C)ccc2n1. The molecule has 166 valence electrons. The molecule has 2 aromatic carbocycles. The summed E-state index contributed by atoms with van der Waals surface area (Å²) in [5.74, 6) is 0.545. The summed E-state index contributed by atoms with van der Waals surface area (Å²) in [6, 6.07) is 15.1. The Hall–Kier alpha value is -3.74. The van der Waals surface area contributed by atoms with Gasteiger partial charge in [0, 0.05) is 18.5 Å². The highest BCUT2D eigenvalue weighted by Gasteiger charge is 2.37. The Labute approximate surface area is 192 Å². The molecule has 0 aliphatic heterocycles. The minimum atomic E-state index is -1.48. The molecule has 0 spiro atoms. The van der Waals surface area contributed by atoms with Crippen LogP contribution in [0.2, 0.25) is 0 Å². The zero-order valence-electron chi connectivity index (χ0n) is 18.6. The first-order chi connectivity index (χ1) is 16.0. The van der Waals surface area contributed by atoms with E-state index in [9.17, 15) is 10.2 Å². The predicted octanol–water partition coefficient (Wildman–Crippen LogP) is 4.10. The number of hydrogen-bond acceptors (Lipinski definition) is 5. The molecule has 0 fully saturated rings. The molecule has 0 radical (unpaired) electrons.